The molecule has 0 saturated carbocycles. The van der Waals surface area contributed by atoms with Gasteiger partial charge in [0.05, 0.1) is 6.54 Å². The van der Waals surface area contributed by atoms with Crippen LogP contribution >= 0.6 is 15.9 Å². The van der Waals surface area contributed by atoms with Crippen molar-refractivity contribution in [3.63, 3.8) is 0 Å². The van der Waals surface area contributed by atoms with E-state index < -0.39 is 11.7 Å². The second kappa shape index (κ2) is 6.41. The lowest BCUT2D eigenvalue weighted by Crippen LogP contribution is -2.32. The molecule has 0 aliphatic carbocycles. The minimum atomic E-state index is -0.494. The molecule has 0 unspecified atom stereocenters. The van der Waals surface area contributed by atoms with E-state index in [9.17, 15) is 4.79 Å². The molecule has 0 aliphatic rings. The van der Waals surface area contributed by atoms with E-state index in [4.69, 9.17) is 4.74 Å². The maximum Gasteiger partial charge on any atom is 0.408 e. The average Bonchev–Trinajstić information content (AvgIpc) is 2.22. The van der Waals surface area contributed by atoms with Gasteiger partial charge in [-0.3, -0.25) is 4.98 Å². The van der Waals surface area contributed by atoms with Gasteiger partial charge in [-0.15, -0.1) is 0 Å². The monoisotopic (exact) mass is 310 g/mol. The molecule has 1 aromatic rings. The molecular formula is C13H15BrN2O2. The number of nitrogens with one attached hydrogen (secondary N) is 1. The molecule has 0 radical (unpaired) electrons. The number of hydrogen-bond donors (Lipinski definition) is 1. The van der Waals surface area contributed by atoms with Gasteiger partial charge in [0, 0.05) is 22.4 Å². The van der Waals surface area contributed by atoms with Gasteiger partial charge in [-0.05, 0) is 42.8 Å². The lowest BCUT2D eigenvalue weighted by molar-refractivity contribution is 0.0535. The van der Waals surface area contributed by atoms with Crippen molar-refractivity contribution >= 4 is 22.0 Å². The molecule has 0 spiro atoms. The smallest absolute Gasteiger partial charge is 0.408 e. The maximum atomic E-state index is 11.3. The van der Waals surface area contributed by atoms with Gasteiger partial charge in [-0.1, -0.05) is 11.8 Å². The van der Waals surface area contributed by atoms with E-state index in [1.165, 1.54) is 0 Å². The molecule has 0 saturated heterocycles. The second-order valence-electron chi connectivity index (χ2n) is 4.55. The van der Waals surface area contributed by atoms with Gasteiger partial charge in [0.15, 0.2) is 0 Å². The van der Waals surface area contributed by atoms with Crippen LogP contribution in [-0.2, 0) is 4.74 Å². The first kappa shape index (κ1) is 14.5. The number of nitrogens with zero attached hydrogens (tertiary/aromatic N) is 1. The van der Waals surface area contributed by atoms with Crippen molar-refractivity contribution in [2.45, 2.75) is 26.4 Å². The summed E-state index contributed by atoms with van der Waals surface area (Å²) < 4.78 is 5.94. The van der Waals surface area contributed by atoms with Crippen LogP contribution in [0, 0.1) is 11.8 Å². The summed E-state index contributed by atoms with van der Waals surface area (Å²) in [6.07, 6.45) is 2.87. The zero-order chi connectivity index (χ0) is 13.6. The molecule has 1 N–H and O–H groups in total. The summed E-state index contributed by atoms with van der Waals surface area (Å²) >= 11 is 3.31. The highest BCUT2D eigenvalue weighted by molar-refractivity contribution is 9.10. The molecule has 0 bridgehead atoms. The lowest BCUT2D eigenvalue weighted by Gasteiger charge is -2.18. The normalized spacial score (nSPS) is 10.2. The predicted octanol–water partition coefficient (Wildman–Crippen LogP) is 2.72. The Morgan fingerprint density at radius 2 is 2.22 bits per heavy atom. The summed E-state index contributed by atoms with van der Waals surface area (Å²) in [6.45, 7) is 5.67. The SMILES string of the molecule is CC(C)(C)OC(=O)NCC#Cc1cncc(Br)c1. The molecule has 0 atom stereocenters. The average molecular weight is 311 g/mol. The van der Waals surface area contributed by atoms with Gasteiger partial charge in [0.2, 0.25) is 0 Å². The van der Waals surface area contributed by atoms with Crippen molar-refractivity contribution in [1.29, 1.82) is 0 Å². The Hall–Kier alpha value is -1.54. The molecular weight excluding hydrogens is 296 g/mol. The number of carbonyl (C=O) groups excluding carboxylic acids is 1. The first-order valence-corrected chi connectivity index (χ1v) is 6.22. The fourth-order valence-electron chi connectivity index (χ4n) is 1.06. The molecule has 1 rings (SSSR count). The fraction of sp³-hybridized carbons (Fsp3) is 0.385. The van der Waals surface area contributed by atoms with Crippen LogP contribution in [0.2, 0.25) is 0 Å². The first-order valence-electron chi connectivity index (χ1n) is 5.43. The third-order valence-corrected chi connectivity index (χ3v) is 2.09. The minimum absolute atomic E-state index is 0.238. The third kappa shape index (κ3) is 6.26. The Morgan fingerprint density at radius 1 is 1.50 bits per heavy atom. The molecule has 1 heterocycles. The summed E-state index contributed by atoms with van der Waals surface area (Å²) in [4.78, 5) is 15.3. The Labute approximate surface area is 115 Å². The number of amides is 1. The van der Waals surface area contributed by atoms with Crippen molar-refractivity contribution < 1.29 is 9.53 Å². The Balaban J connectivity index is 2.41. The summed E-state index contributed by atoms with van der Waals surface area (Å²) in [5.41, 5.74) is 0.293. The van der Waals surface area contributed by atoms with Crippen LogP contribution in [0.4, 0.5) is 4.79 Å². The topological polar surface area (TPSA) is 51.2 Å². The van der Waals surface area contributed by atoms with E-state index in [1.807, 2.05) is 26.8 Å². The number of pyridine rings is 1. The standard InChI is InChI=1S/C13H15BrN2O2/c1-13(2,3)18-12(17)16-6-4-5-10-7-11(14)9-15-8-10/h7-9H,6H2,1-3H3,(H,16,17). The summed E-state index contributed by atoms with van der Waals surface area (Å²) in [6, 6.07) is 1.85. The van der Waals surface area contributed by atoms with E-state index in [0.717, 1.165) is 10.0 Å². The number of ether oxygens (including phenoxy) is 1. The van der Waals surface area contributed by atoms with Crippen LogP contribution in [0.3, 0.4) is 0 Å². The number of aromatic nitrogens is 1. The highest BCUT2D eigenvalue weighted by Crippen LogP contribution is 2.08. The molecule has 0 fully saturated rings. The second-order valence-corrected chi connectivity index (χ2v) is 5.46. The molecule has 96 valence electrons. The molecule has 0 aliphatic heterocycles. The van der Waals surface area contributed by atoms with Gasteiger partial charge in [0.1, 0.15) is 5.60 Å². The first-order chi connectivity index (χ1) is 8.37. The Kier molecular flexibility index (Phi) is 5.17. The Morgan fingerprint density at radius 3 is 2.83 bits per heavy atom. The van der Waals surface area contributed by atoms with Crippen LogP contribution in [0.15, 0.2) is 22.9 Å². The van der Waals surface area contributed by atoms with E-state index in [2.05, 4.69) is 38.1 Å². The summed E-state index contributed by atoms with van der Waals surface area (Å²) in [5.74, 6) is 5.71. The van der Waals surface area contributed by atoms with Gasteiger partial charge in [-0.25, -0.2) is 4.79 Å². The molecule has 1 aromatic heterocycles. The van der Waals surface area contributed by atoms with Crippen LogP contribution in [-0.4, -0.2) is 23.2 Å². The molecule has 0 aromatic carbocycles. The van der Waals surface area contributed by atoms with E-state index >= 15 is 0 Å². The van der Waals surface area contributed by atoms with Crippen LogP contribution in [0.1, 0.15) is 26.3 Å². The van der Waals surface area contributed by atoms with Gasteiger partial charge < -0.3 is 10.1 Å². The fourth-order valence-corrected chi connectivity index (χ4v) is 1.42. The van der Waals surface area contributed by atoms with Gasteiger partial charge >= 0.3 is 6.09 Å². The van der Waals surface area contributed by atoms with Crippen molar-refractivity contribution in [3.8, 4) is 11.8 Å². The molecule has 1 amide bonds. The maximum absolute atomic E-state index is 11.3. The van der Waals surface area contributed by atoms with Gasteiger partial charge in [-0.2, -0.15) is 0 Å². The van der Waals surface area contributed by atoms with Crippen LogP contribution in [0.5, 0.6) is 0 Å². The van der Waals surface area contributed by atoms with Crippen molar-refractivity contribution in [2.75, 3.05) is 6.54 Å². The summed E-state index contributed by atoms with van der Waals surface area (Å²) in [7, 11) is 0. The highest BCUT2D eigenvalue weighted by atomic mass is 79.9. The molecule has 5 heteroatoms. The zero-order valence-electron chi connectivity index (χ0n) is 10.6. The molecule has 4 nitrogen and oxygen atoms in total. The van der Waals surface area contributed by atoms with Crippen LogP contribution < -0.4 is 5.32 Å². The third-order valence-electron chi connectivity index (χ3n) is 1.66. The van der Waals surface area contributed by atoms with Crippen molar-refractivity contribution in [1.82, 2.24) is 10.3 Å². The highest BCUT2D eigenvalue weighted by Gasteiger charge is 2.14. The van der Waals surface area contributed by atoms with Gasteiger partial charge in [0.25, 0.3) is 0 Å². The summed E-state index contributed by atoms with van der Waals surface area (Å²) in [5, 5.41) is 2.56. The zero-order valence-corrected chi connectivity index (χ0v) is 12.2. The number of carbonyl (C=O) groups is 1. The lowest BCUT2D eigenvalue weighted by atomic mass is 10.2. The predicted molar refractivity (Wildman–Crippen MR) is 73.1 cm³/mol. The minimum Gasteiger partial charge on any atom is -0.444 e. The van der Waals surface area contributed by atoms with Crippen molar-refractivity contribution in [3.05, 3.63) is 28.5 Å². The molecule has 18 heavy (non-hydrogen) atoms. The van der Waals surface area contributed by atoms with E-state index in [1.54, 1.807) is 12.4 Å². The number of alkyl carbamates (subject to hydrolysis) is 1. The van der Waals surface area contributed by atoms with Crippen molar-refractivity contribution in [2.24, 2.45) is 0 Å². The van der Waals surface area contributed by atoms with E-state index in [-0.39, 0.29) is 6.54 Å². The van der Waals surface area contributed by atoms with E-state index in [0.29, 0.717) is 0 Å². The Bertz CT molecular complexity index is 484. The number of halogens is 1. The van der Waals surface area contributed by atoms with Crippen LogP contribution in [0.25, 0.3) is 0 Å². The number of rotatable bonds is 1. The number of hydrogen-bond acceptors (Lipinski definition) is 3. The largest absolute Gasteiger partial charge is 0.444 e. The quantitative estimate of drug-likeness (QED) is 0.811.